The number of nitrogens with zero attached hydrogens (tertiary/aromatic N) is 3. The molecule has 2 aromatic rings. The van der Waals surface area contributed by atoms with Gasteiger partial charge in [-0.15, -0.1) is 23.4 Å². The molecule has 4 N–H and O–H groups in total. The van der Waals surface area contributed by atoms with Crippen LogP contribution in [0.25, 0.3) is 11.3 Å². The fourth-order valence-corrected chi connectivity index (χ4v) is 4.28. The van der Waals surface area contributed by atoms with E-state index >= 15 is 0 Å². The van der Waals surface area contributed by atoms with E-state index in [1.54, 1.807) is 6.92 Å². The maximum absolute atomic E-state index is 12.5. The first-order valence-electron chi connectivity index (χ1n) is 11.2. The summed E-state index contributed by atoms with van der Waals surface area (Å²) < 4.78 is 46.1. The van der Waals surface area contributed by atoms with Gasteiger partial charge in [0.2, 0.25) is 0 Å². The number of nitrogens with two attached hydrogens (primary N) is 1. The zero-order valence-corrected chi connectivity index (χ0v) is 19.9. The molecule has 1 aromatic heterocycles. The third-order valence-electron chi connectivity index (χ3n) is 5.99. The van der Waals surface area contributed by atoms with E-state index < -0.39 is 17.9 Å². The minimum Gasteiger partial charge on any atom is -0.507 e. The lowest BCUT2D eigenvalue weighted by atomic mass is 10.0. The SMILES string of the molecule is COC(=O)[C@@H](C)CN1CCC[C@@H](Nc2nnc(-c3ccc(OC(F)(F)F)cc3O)c(C)c2CN)C1. The molecular weight excluding hydrogens is 467 g/mol. The Morgan fingerprint density at radius 3 is 2.74 bits per heavy atom. The molecule has 1 aliphatic heterocycles. The molecule has 0 saturated carbocycles. The lowest BCUT2D eigenvalue weighted by Gasteiger charge is -2.34. The first-order valence-corrected chi connectivity index (χ1v) is 11.2. The number of piperidine rings is 1. The van der Waals surface area contributed by atoms with Crippen molar-refractivity contribution >= 4 is 11.8 Å². The van der Waals surface area contributed by atoms with E-state index in [1.165, 1.54) is 13.2 Å². The maximum Gasteiger partial charge on any atom is 0.573 e. The van der Waals surface area contributed by atoms with E-state index in [1.807, 2.05) is 6.92 Å². The summed E-state index contributed by atoms with van der Waals surface area (Å²) in [7, 11) is 1.38. The number of nitrogens with one attached hydrogen (secondary N) is 1. The molecule has 1 fully saturated rings. The molecule has 1 saturated heterocycles. The number of alkyl halides is 3. The predicted molar refractivity (Wildman–Crippen MR) is 123 cm³/mol. The predicted octanol–water partition coefficient (Wildman–Crippen LogP) is 3.20. The molecule has 12 heteroatoms. The molecule has 2 heterocycles. The molecule has 192 valence electrons. The van der Waals surface area contributed by atoms with Crippen LogP contribution in [0.2, 0.25) is 0 Å². The molecule has 35 heavy (non-hydrogen) atoms. The van der Waals surface area contributed by atoms with Gasteiger partial charge in [0.25, 0.3) is 0 Å². The minimum absolute atomic E-state index is 0.0608. The molecule has 0 unspecified atom stereocenters. The van der Waals surface area contributed by atoms with Crippen LogP contribution in [-0.2, 0) is 16.1 Å². The van der Waals surface area contributed by atoms with Crippen LogP contribution < -0.4 is 15.8 Å². The summed E-state index contributed by atoms with van der Waals surface area (Å²) >= 11 is 0. The number of phenolic OH excluding ortho intramolecular Hbond substituents is 1. The third-order valence-corrected chi connectivity index (χ3v) is 5.99. The van der Waals surface area contributed by atoms with Crippen LogP contribution in [0.3, 0.4) is 0 Å². The monoisotopic (exact) mass is 497 g/mol. The topological polar surface area (TPSA) is 123 Å². The molecule has 2 atom stereocenters. The van der Waals surface area contributed by atoms with E-state index in [0.29, 0.717) is 35.7 Å². The van der Waals surface area contributed by atoms with Crippen LogP contribution in [0.5, 0.6) is 11.5 Å². The highest BCUT2D eigenvalue weighted by Crippen LogP contribution is 2.36. The van der Waals surface area contributed by atoms with Gasteiger partial charge >= 0.3 is 12.3 Å². The van der Waals surface area contributed by atoms with Gasteiger partial charge in [0.15, 0.2) is 5.82 Å². The zero-order chi connectivity index (χ0) is 25.8. The summed E-state index contributed by atoms with van der Waals surface area (Å²) in [6, 6.07) is 3.33. The summed E-state index contributed by atoms with van der Waals surface area (Å²) in [5, 5.41) is 22.2. The number of rotatable bonds is 8. The molecule has 0 bridgehead atoms. The van der Waals surface area contributed by atoms with E-state index in [-0.39, 0.29) is 30.0 Å². The molecule has 1 aliphatic rings. The largest absolute Gasteiger partial charge is 0.573 e. The standard InChI is InChI=1S/C23H30F3N5O4/c1-13(22(33)34-3)11-31-8-4-5-15(12-31)28-21-18(10-27)14(2)20(29-30-21)17-7-6-16(9-19(17)32)35-23(24,25)26/h6-7,9,13,15,32H,4-5,8,10-12,27H2,1-3H3,(H,28,30)/t13-,15+/m0/s1. The van der Waals surface area contributed by atoms with Gasteiger partial charge in [-0.05, 0) is 44.0 Å². The van der Waals surface area contributed by atoms with Crippen LogP contribution in [-0.4, -0.2) is 65.3 Å². The number of hydrogen-bond acceptors (Lipinski definition) is 9. The molecule has 0 aliphatic carbocycles. The molecule has 9 nitrogen and oxygen atoms in total. The molecule has 3 rings (SSSR count). The van der Waals surface area contributed by atoms with E-state index in [2.05, 4.69) is 25.2 Å². The Kier molecular flexibility index (Phi) is 8.39. The number of benzene rings is 1. The minimum atomic E-state index is -4.87. The van der Waals surface area contributed by atoms with Crippen molar-refractivity contribution in [2.24, 2.45) is 11.7 Å². The Hall–Kier alpha value is -3.12. The van der Waals surface area contributed by atoms with Gasteiger partial charge < -0.3 is 30.5 Å². The number of likely N-dealkylation sites (tertiary alicyclic amines) is 1. The van der Waals surface area contributed by atoms with Gasteiger partial charge in [-0.1, -0.05) is 6.92 Å². The van der Waals surface area contributed by atoms with Crippen LogP contribution in [0.1, 0.15) is 30.9 Å². The number of hydrogen-bond donors (Lipinski definition) is 3. The van der Waals surface area contributed by atoms with Gasteiger partial charge in [0, 0.05) is 42.9 Å². The number of phenols is 1. The van der Waals surface area contributed by atoms with E-state index in [4.69, 9.17) is 10.5 Å². The van der Waals surface area contributed by atoms with E-state index in [9.17, 15) is 23.1 Å². The van der Waals surface area contributed by atoms with Crippen LogP contribution >= 0.6 is 0 Å². The second kappa shape index (κ2) is 11.1. The fourth-order valence-electron chi connectivity index (χ4n) is 4.28. The number of anilines is 1. The summed E-state index contributed by atoms with van der Waals surface area (Å²) in [4.78, 5) is 14.0. The number of methoxy groups -OCH3 is 1. The number of aromatic nitrogens is 2. The molecule has 1 aromatic carbocycles. The van der Waals surface area contributed by atoms with Gasteiger partial charge in [0.1, 0.15) is 17.2 Å². The fraction of sp³-hybridized carbons (Fsp3) is 0.522. The maximum atomic E-state index is 12.5. The second-order valence-corrected chi connectivity index (χ2v) is 8.60. The summed E-state index contributed by atoms with van der Waals surface area (Å²) in [5.41, 5.74) is 7.86. The lowest BCUT2D eigenvalue weighted by molar-refractivity contribution is -0.274. The Morgan fingerprint density at radius 1 is 1.37 bits per heavy atom. The van der Waals surface area contributed by atoms with Crippen molar-refractivity contribution in [1.82, 2.24) is 15.1 Å². The number of carbonyl (C=O) groups excluding carboxylic acids is 1. The van der Waals surface area contributed by atoms with Crippen molar-refractivity contribution in [3.05, 3.63) is 29.3 Å². The van der Waals surface area contributed by atoms with Crippen molar-refractivity contribution in [2.75, 3.05) is 32.1 Å². The summed E-state index contributed by atoms with van der Waals surface area (Å²) in [5.74, 6) is -0.928. The number of aromatic hydroxyl groups is 1. The van der Waals surface area contributed by atoms with Gasteiger partial charge in [0.05, 0.1) is 13.0 Å². The van der Waals surface area contributed by atoms with Crippen LogP contribution in [0.15, 0.2) is 18.2 Å². The van der Waals surface area contributed by atoms with Gasteiger partial charge in [-0.2, -0.15) is 0 Å². The van der Waals surface area contributed by atoms with Crippen molar-refractivity contribution < 1.29 is 32.5 Å². The summed E-state index contributed by atoms with van der Waals surface area (Å²) in [6.07, 6.45) is -3.03. The van der Waals surface area contributed by atoms with Crippen molar-refractivity contribution in [3.63, 3.8) is 0 Å². The Labute approximate surface area is 201 Å². The Balaban J connectivity index is 1.78. The molecule has 0 amide bonds. The quantitative estimate of drug-likeness (QED) is 0.472. The second-order valence-electron chi connectivity index (χ2n) is 8.60. The highest BCUT2D eigenvalue weighted by atomic mass is 19.4. The first kappa shape index (κ1) is 26.5. The van der Waals surface area contributed by atoms with Crippen LogP contribution in [0, 0.1) is 12.8 Å². The first-order chi connectivity index (χ1) is 16.5. The highest BCUT2D eigenvalue weighted by molar-refractivity contribution is 5.73. The normalized spacial score (nSPS) is 17.6. The Bertz CT molecular complexity index is 1050. The van der Waals surface area contributed by atoms with Crippen molar-refractivity contribution in [3.8, 4) is 22.8 Å². The van der Waals surface area contributed by atoms with Crippen LogP contribution in [0.4, 0.5) is 19.0 Å². The van der Waals surface area contributed by atoms with Crippen molar-refractivity contribution in [1.29, 1.82) is 0 Å². The van der Waals surface area contributed by atoms with Gasteiger partial charge in [-0.25, -0.2) is 0 Å². The molecule has 0 spiro atoms. The average Bonchev–Trinajstić information content (AvgIpc) is 2.78. The lowest BCUT2D eigenvalue weighted by Crippen LogP contribution is -2.45. The average molecular weight is 498 g/mol. The van der Waals surface area contributed by atoms with Gasteiger partial charge in [-0.3, -0.25) is 4.79 Å². The number of esters is 1. The number of halogens is 3. The highest BCUT2D eigenvalue weighted by Gasteiger charge is 2.31. The Morgan fingerprint density at radius 2 is 2.11 bits per heavy atom. The number of ether oxygens (including phenoxy) is 2. The smallest absolute Gasteiger partial charge is 0.507 e. The third kappa shape index (κ3) is 6.73. The molecular formula is C23H30F3N5O4. The van der Waals surface area contributed by atoms with E-state index in [0.717, 1.165) is 31.5 Å². The number of carbonyl (C=O) groups is 1. The van der Waals surface area contributed by atoms with Crippen molar-refractivity contribution in [2.45, 2.75) is 45.6 Å². The zero-order valence-electron chi connectivity index (χ0n) is 19.9. The molecule has 0 radical (unpaired) electrons. The summed E-state index contributed by atoms with van der Waals surface area (Å²) in [6.45, 7) is 5.91.